The van der Waals surface area contributed by atoms with Crippen LogP contribution in [0.4, 0.5) is 13.2 Å². The van der Waals surface area contributed by atoms with Crippen molar-refractivity contribution in [1.29, 1.82) is 0 Å². The molecule has 6 heteroatoms. The highest BCUT2D eigenvalue weighted by Crippen LogP contribution is 2.38. The van der Waals surface area contributed by atoms with Gasteiger partial charge in [-0.25, -0.2) is 0 Å². The first-order chi connectivity index (χ1) is 9.45. The highest BCUT2D eigenvalue weighted by molar-refractivity contribution is 7.99. The van der Waals surface area contributed by atoms with E-state index in [2.05, 4.69) is 12.6 Å². The number of benzene rings is 1. The summed E-state index contributed by atoms with van der Waals surface area (Å²) in [5.41, 5.74) is -0.519. The van der Waals surface area contributed by atoms with Crippen LogP contribution < -0.4 is 0 Å². The van der Waals surface area contributed by atoms with Gasteiger partial charge in [0.15, 0.2) is 0 Å². The zero-order chi connectivity index (χ0) is 14.6. The molecule has 0 atom stereocenters. The van der Waals surface area contributed by atoms with Crippen molar-refractivity contribution in [2.75, 3.05) is 24.7 Å². The minimum absolute atomic E-state index is 0.0697. The molecule has 0 amide bonds. The summed E-state index contributed by atoms with van der Waals surface area (Å²) in [5, 5.41) is 0. The van der Waals surface area contributed by atoms with E-state index in [-0.39, 0.29) is 5.41 Å². The molecule has 1 nitrogen and oxygen atoms in total. The van der Waals surface area contributed by atoms with Crippen molar-refractivity contribution < 1.29 is 17.9 Å². The quantitative estimate of drug-likeness (QED) is 0.644. The monoisotopic (exact) mass is 322 g/mol. The summed E-state index contributed by atoms with van der Waals surface area (Å²) in [6, 6.07) is 5.51. The zero-order valence-electron chi connectivity index (χ0n) is 10.9. The van der Waals surface area contributed by atoms with Gasteiger partial charge in [0.2, 0.25) is 0 Å². The Balaban J connectivity index is 2.03. The number of thiol groups is 1. The lowest BCUT2D eigenvalue weighted by molar-refractivity contribution is -0.137. The number of thioether (sulfide) groups is 1. The lowest BCUT2D eigenvalue weighted by Gasteiger charge is -2.35. The number of alkyl halides is 3. The number of ether oxygens (including phenoxy) is 1. The summed E-state index contributed by atoms with van der Waals surface area (Å²) >= 11 is 5.89. The third-order valence-corrected chi connectivity index (χ3v) is 5.61. The van der Waals surface area contributed by atoms with Crippen LogP contribution in [0.2, 0.25) is 0 Å². The predicted octanol–water partition coefficient (Wildman–Crippen LogP) is 4.52. The average molecular weight is 322 g/mol. The summed E-state index contributed by atoms with van der Waals surface area (Å²) in [6.45, 7) is 1.42. The molecule has 0 bridgehead atoms. The first kappa shape index (κ1) is 16.0. The molecule has 0 saturated carbocycles. The predicted molar refractivity (Wildman–Crippen MR) is 78.5 cm³/mol. The molecule has 0 aromatic heterocycles. The third kappa shape index (κ3) is 4.09. The fraction of sp³-hybridized carbons (Fsp3) is 0.571. The molecule has 1 heterocycles. The molecule has 1 fully saturated rings. The topological polar surface area (TPSA) is 9.23 Å². The summed E-state index contributed by atoms with van der Waals surface area (Å²) in [5.74, 6) is 1.52. The first-order valence-corrected chi connectivity index (χ1v) is 8.06. The van der Waals surface area contributed by atoms with Crippen LogP contribution >= 0.6 is 24.4 Å². The van der Waals surface area contributed by atoms with E-state index in [1.807, 2.05) is 0 Å². The van der Waals surface area contributed by atoms with Crippen LogP contribution in [0, 0.1) is 5.41 Å². The molecule has 0 spiro atoms. The average Bonchev–Trinajstić information content (AvgIpc) is 2.46. The lowest BCUT2D eigenvalue weighted by atomic mass is 9.84. The number of hydrogen-bond acceptors (Lipinski definition) is 3. The molecule has 0 unspecified atom stereocenters. The highest BCUT2D eigenvalue weighted by atomic mass is 32.2. The standard InChI is InChI=1S/C14H17F3OS2/c15-14(16,17)11-2-1-3-12(8-11)20-10-13(9-19)4-6-18-7-5-13/h1-3,8,19H,4-7,9-10H2. The van der Waals surface area contributed by atoms with Crippen LogP contribution in [0.25, 0.3) is 0 Å². The van der Waals surface area contributed by atoms with Crippen molar-refractivity contribution in [2.45, 2.75) is 23.9 Å². The van der Waals surface area contributed by atoms with Gasteiger partial charge in [0.05, 0.1) is 5.56 Å². The van der Waals surface area contributed by atoms with Crippen LogP contribution in [0.3, 0.4) is 0 Å². The molecule has 2 rings (SSSR count). The fourth-order valence-electron chi connectivity index (χ4n) is 2.15. The van der Waals surface area contributed by atoms with Gasteiger partial charge >= 0.3 is 6.18 Å². The second-order valence-electron chi connectivity index (χ2n) is 5.08. The van der Waals surface area contributed by atoms with E-state index < -0.39 is 11.7 Å². The van der Waals surface area contributed by atoms with Crippen molar-refractivity contribution in [1.82, 2.24) is 0 Å². The van der Waals surface area contributed by atoms with Gasteiger partial charge in [-0.3, -0.25) is 0 Å². The fourth-order valence-corrected chi connectivity index (χ4v) is 3.98. The van der Waals surface area contributed by atoms with Gasteiger partial charge in [-0.2, -0.15) is 25.8 Å². The van der Waals surface area contributed by atoms with Gasteiger partial charge in [0, 0.05) is 23.9 Å². The Morgan fingerprint density at radius 2 is 1.95 bits per heavy atom. The van der Waals surface area contributed by atoms with Gasteiger partial charge in [0.25, 0.3) is 0 Å². The Morgan fingerprint density at radius 1 is 1.25 bits per heavy atom. The van der Waals surface area contributed by atoms with Gasteiger partial charge in [-0.1, -0.05) is 6.07 Å². The molecular weight excluding hydrogens is 305 g/mol. The Morgan fingerprint density at radius 3 is 2.55 bits per heavy atom. The molecule has 20 heavy (non-hydrogen) atoms. The maximum atomic E-state index is 12.7. The van der Waals surface area contributed by atoms with Crippen molar-refractivity contribution in [3.8, 4) is 0 Å². The Bertz CT molecular complexity index is 442. The van der Waals surface area contributed by atoms with E-state index in [0.717, 1.165) is 30.4 Å². The second-order valence-corrected chi connectivity index (χ2v) is 6.45. The largest absolute Gasteiger partial charge is 0.416 e. The molecular formula is C14H17F3OS2. The van der Waals surface area contributed by atoms with Gasteiger partial charge in [-0.05, 0) is 42.2 Å². The first-order valence-electron chi connectivity index (χ1n) is 6.44. The van der Waals surface area contributed by atoms with Crippen LogP contribution in [0.1, 0.15) is 18.4 Å². The summed E-state index contributed by atoms with van der Waals surface area (Å²) in [7, 11) is 0. The normalized spacial score (nSPS) is 19.0. The lowest BCUT2D eigenvalue weighted by Crippen LogP contribution is -2.33. The van der Waals surface area contributed by atoms with Crippen LogP contribution in [0.15, 0.2) is 29.2 Å². The van der Waals surface area contributed by atoms with Crippen molar-refractivity contribution in [3.63, 3.8) is 0 Å². The molecule has 0 radical (unpaired) electrons. The van der Waals surface area contributed by atoms with Crippen molar-refractivity contribution >= 4 is 24.4 Å². The van der Waals surface area contributed by atoms with E-state index in [1.165, 1.54) is 23.9 Å². The number of halogens is 3. The molecule has 112 valence electrons. The summed E-state index contributed by atoms with van der Waals surface area (Å²) in [4.78, 5) is 0.660. The summed E-state index contributed by atoms with van der Waals surface area (Å²) < 4.78 is 43.3. The van der Waals surface area contributed by atoms with Crippen molar-refractivity contribution in [2.24, 2.45) is 5.41 Å². The molecule has 1 aliphatic heterocycles. The van der Waals surface area contributed by atoms with Crippen LogP contribution in [0.5, 0.6) is 0 Å². The van der Waals surface area contributed by atoms with E-state index in [1.54, 1.807) is 6.07 Å². The maximum absolute atomic E-state index is 12.7. The number of rotatable bonds is 4. The van der Waals surface area contributed by atoms with E-state index in [0.29, 0.717) is 18.1 Å². The maximum Gasteiger partial charge on any atom is 0.416 e. The second kappa shape index (κ2) is 6.62. The molecule has 1 aromatic carbocycles. The highest BCUT2D eigenvalue weighted by Gasteiger charge is 2.32. The Labute approximate surface area is 126 Å². The molecule has 0 aliphatic carbocycles. The third-order valence-electron chi connectivity index (χ3n) is 3.60. The van der Waals surface area contributed by atoms with E-state index >= 15 is 0 Å². The Kier molecular flexibility index (Phi) is 5.31. The van der Waals surface area contributed by atoms with Gasteiger partial charge in [0.1, 0.15) is 0 Å². The van der Waals surface area contributed by atoms with Gasteiger partial charge < -0.3 is 4.74 Å². The zero-order valence-corrected chi connectivity index (χ0v) is 12.7. The molecule has 0 N–H and O–H groups in total. The van der Waals surface area contributed by atoms with E-state index in [9.17, 15) is 13.2 Å². The smallest absolute Gasteiger partial charge is 0.381 e. The number of hydrogen-bond donors (Lipinski definition) is 1. The minimum Gasteiger partial charge on any atom is -0.381 e. The van der Waals surface area contributed by atoms with Gasteiger partial charge in [-0.15, -0.1) is 11.8 Å². The molecule has 1 aromatic rings. The van der Waals surface area contributed by atoms with Crippen molar-refractivity contribution in [3.05, 3.63) is 29.8 Å². The molecule has 1 aliphatic rings. The van der Waals surface area contributed by atoms with E-state index in [4.69, 9.17) is 4.74 Å². The summed E-state index contributed by atoms with van der Waals surface area (Å²) in [6.07, 6.45) is -2.44. The SMILES string of the molecule is FC(F)(F)c1cccc(SCC2(CS)CCOCC2)c1. The van der Waals surface area contributed by atoms with Crippen LogP contribution in [-0.2, 0) is 10.9 Å². The van der Waals surface area contributed by atoms with Crippen LogP contribution in [-0.4, -0.2) is 24.7 Å². The molecule has 1 saturated heterocycles. The Hall–Kier alpha value is -0.330. The minimum atomic E-state index is -4.28.